The van der Waals surface area contributed by atoms with E-state index in [2.05, 4.69) is 67.8 Å². The van der Waals surface area contributed by atoms with Gasteiger partial charge in [0.05, 0.1) is 16.5 Å². The highest BCUT2D eigenvalue weighted by Gasteiger charge is 2.29. The predicted molar refractivity (Wildman–Crippen MR) is 151 cm³/mol. The molecule has 0 aliphatic heterocycles. The first-order valence-electron chi connectivity index (χ1n) is 9.54. The fraction of sp³-hybridized carbons (Fsp3) is 0. The first kappa shape index (κ1) is 24.9. The van der Waals surface area contributed by atoms with Gasteiger partial charge in [0.1, 0.15) is 17.4 Å². The number of rotatable bonds is 5. The molecule has 0 N–H and O–H groups in total. The second-order valence-electron chi connectivity index (χ2n) is 6.79. The Morgan fingerprint density at radius 3 is 1.55 bits per heavy atom. The molecule has 0 atom stereocenters. The highest BCUT2D eigenvalue weighted by atomic mass is 127. The lowest BCUT2D eigenvalue weighted by Gasteiger charge is -2.11. The molecule has 0 aliphatic carbocycles. The topological polar surface area (TPSA) is 26.3 Å². The van der Waals surface area contributed by atoms with Gasteiger partial charge in [-0.3, -0.25) is 0 Å². The van der Waals surface area contributed by atoms with Crippen molar-refractivity contribution in [1.82, 2.24) is 0 Å². The Hall–Kier alpha value is -1.25. The van der Waals surface area contributed by atoms with Crippen molar-refractivity contribution in [2.24, 2.45) is 0 Å². The van der Waals surface area contributed by atoms with Crippen molar-refractivity contribution >= 4 is 84.6 Å². The number of esters is 1. The SMILES string of the molecule is O=C(Oc1ccc([S+](c2ccc(F)cc2)c2ccc(F)cc2)cc1)c1c(I)ccc(I)c1I. The molecule has 0 heterocycles. The molecule has 0 bridgehead atoms. The minimum Gasteiger partial charge on any atom is -0.423 e. The van der Waals surface area contributed by atoms with Crippen LogP contribution in [0.5, 0.6) is 5.75 Å². The van der Waals surface area contributed by atoms with Crippen LogP contribution in [-0.4, -0.2) is 5.97 Å². The molecule has 0 spiro atoms. The van der Waals surface area contributed by atoms with Crippen LogP contribution in [0.1, 0.15) is 10.4 Å². The van der Waals surface area contributed by atoms with Crippen molar-refractivity contribution < 1.29 is 18.3 Å². The molecule has 0 unspecified atom stereocenters. The maximum Gasteiger partial charge on any atom is 0.345 e. The Balaban J connectivity index is 1.64. The van der Waals surface area contributed by atoms with Crippen molar-refractivity contribution in [3.05, 3.63) is 113 Å². The van der Waals surface area contributed by atoms with Crippen molar-refractivity contribution in [3.8, 4) is 5.75 Å². The molecule has 0 fully saturated rings. The van der Waals surface area contributed by atoms with Crippen LogP contribution in [0.4, 0.5) is 8.78 Å². The average Bonchev–Trinajstić information content (AvgIpc) is 2.80. The van der Waals surface area contributed by atoms with Crippen LogP contribution in [0, 0.1) is 22.3 Å². The molecule has 2 nitrogen and oxygen atoms in total. The van der Waals surface area contributed by atoms with Gasteiger partial charge in [-0.05, 0) is 153 Å². The summed E-state index contributed by atoms with van der Waals surface area (Å²) in [5.74, 6) is -0.617. The summed E-state index contributed by atoms with van der Waals surface area (Å²) >= 11 is 6.48. The van der Waals surface area contributed by atoms with Crippen LogP contribution < -0.4 is 4.74 Å². The van der Waals surface area contributed by atoms with Gasteiger partial charge < -0.3 is 4.74 Å². The van der Waals surface area contributed by atoms with Gasteiger partial charge in [0.2, 0.25) is 0 Å². The molecule has 0 radical (unpaired) electrons. The molecule has 0 aromatic heterocycles. The summed E-state index contributed by atoms with van der Waals surface area (Å²) in [5.41, 5.74) is 0.546. The van der Waals surface area contributed by atoms with Gasteiger partial charge in [0.15, 0.2) is 14.7 Å². The van der Waals surface area contributed by atoms with E-state index in [9.17, 15) is 13.6 Å². The van der Waals surface area contributed by atoms with Crippen LogP contribution in [0.15, 0.2) is 99.6 Å². The van der Waals surface area contributed by atoms with Crippen molar-refractivity contribution in [3.63, 3.8) is 0 Å². The zero-order valence-corrected chi connectivity index (χ0v) is 24.0. The zero-order chi connectivity index (χ0) is 23.5. The normalized spacial score (nSPS) is 11.0. The van der Waals surface area contributed by atoms with Gasteiger partial charge >= 0.3 is 5.97 Å². The number of hydrogen-bond donors (Lipinski definition) is 0. The van der Waals surface area contributed by atoms with Crippen LogP contribution in [0.2, 0.25) is 0 Å². The lowest BCUT2D eigenvalue weighted by atomic mass is 10.2. The number of carbonyl (C=O) groups is 1. The van der Waals surface area contributed by atoms with Crippen molar-refractivity contribution in [2.45, 2.75) is 14.7 Å². The number of carbonyl (C=O) groups excluding carboxylic acids is 1. The monoisotopic (exact) mass is 797 g/mol. The third-order valence-corrected chi connectivity index (χ3v) is 10.8. The van der Waals surface area contributed by atoms with Crippen LogP contribution in [-0.2, 0) is 10.9 Å². The highest BCUT2D eigenvalue weighted by molar-refractivity contribution is 14.1. The van der Waals surface area contributed by atoms with Crippen molar-refractivity contribution in [1.29, 1.82) is 0 Å². The quantitative estimate of drug-likeness (QED) is 0.0672. The minimum atomic E-state index is -0.576. The van der Waals surface area contributed by atoms with Crippen LogP contribution >= 0.6 is 67.8 Å². The Bertz CT molecular complexity index is 1250. The van der Waals surface area contributed by atoms with E-state index in [4.69, 9.17) is 4.74 Å². The largest absolute Gasteiger partial charge is 0.423 e. The van der Waals surface area contributed by atoms with Crippen molar-refractivity contribution in [2.75, 3.05) is 0 Å². The Morgan fingerprint density at radius 2 is 1.06 bits per heavy atom. The van der Waals surface area contributed by atoms with Crippen LogP contribution in [0.3, 0.4) is 0 Å². The Kier molecular flexibility index (Phi) is 8.28. The van der Waals surface area contributed by atoms with E-state index < -0.39 is 16.9 Å². The average molecular weight is 797 g/mol. The van der Waals surface area contributed by atoms with E-state index >= 15 is 0 Å². The lowest BCUT2D eigenvalue weighted by Crippen LogP contribution is -2.13. The van der Waals surface area contributed by atoms with E-state index in [-0.39, 0.29) is 11.6 Å². The molecule has 0 saturated carbocycles. The first-order valence-corrected chi connectivity index (χ1v) is 14.0. The summed E-state index contributed by atoms with van der Waals surface area (Å²) in [4.78, 5) is 15.6. The molecule has 8 heteroatoms. The Labute approximate surface area is 233 Å². The first-order chi connectivity index (χ1) is 15.8. The number of hydrogen-bond acceptors (Lipinski definition) is 2. The summed E-state index contributed by atoms with van der Waals surface area (Å²) in [6, 6.07) is 23.7. The maximum atomic E-state index is 13.5. The molecule has 0 aliphatic rings. The highest BCUT2D eigenvalue weighted by Crippen LogP contribution is 2.33. The smallest absolute Gasteiger partial charge is 0.345 e. The summed E-state index contributed by atoms with van der Waals surface area (Å²) < 4.78 is 35.3. The molecule has 4 aromatic carbocycles. The molecule has 33 heavy (non-hydrogen) atoms. The van der Waals surface area contributed by atoms with Crippen LogP contribution in [0.25, 0.3) is 0 Å². The summed E-state index contributed by atoms with van der Waals surface area (Å²) in [7, 11) is -0.576. The maximum absolute atomic E-state index is 13.5. The molecule has 0 amide bonds. The molecular weight excluding hydrogens is 783 g/mol. The van der Waals surface area contributed by atoms with Gasteiger partial charge in [0, 0.05) is 10.7 Å². The zero-order valence-electron chi connectivity index (χ0n) is 16.7. The van der Waals surface area contributed by atoms with E-state index in [1.807, 2.05) is 24.3 Å². The van der Waals surface area contributed by atoms with Gasteiger partial charge in [-0.15, -0.1) is 0 Å². The minimum absolute atomic E-state index is 0.316. The van der Waals surface area contributed by atoms with E-state index in [1.165, 1.54) is 24.3 Å². The third-order valence-electron chi connectivity index (χ3n) is 4.62. The molecule has 166 valence electrons. The summed E-state index contributed by atoms with van der Waals surface area (Å²) in [6.07, 6.45) is 0. The van der Waals surface area contributed by atoms with E-state index in [0.29, 0.717) is 11.3 Å². The van der Waals surface area contributed by atoms with Gasteiger partial charge in [-0.25, -0.2) is 13.6 Å². The fourth-order valence-corrected chi connectivity index (χ4v) is 7.43. The fourth-order valence-electron chi connectivity index (χ4n) is 3.07. The van der Waals surface area contributed by atoms with Gasteiger partial charge in [0.25, 0.3) is 0 Å². The molecular formula is C25H14F2I3O2S+. The molecule has 0 saturated heterocycles. The lowest BCUT2D eigenvalue weighted by molar-refractivity contribution is 0.0732. The third kappa shape index (κ3) is 5.88. The van der Waals surface area contributed by atoms with E-state index in [0.717, 1.165) is 25.4 Å². The number of halogens is 5. The number of benzene rings is 4. The standard InChI is InChI=1S/C25H14F2I3O2S/c26-15-1-7-18(8-2-15)33(19-9-3-16(27)4-10-19)20-11-5-17(6-12-20)32-25(31)23-21(28)13-14-22(29)24(23)30/h1-14H/q+1. The Morgan fingerprint density at radius 1 is 0.636 bits per heavy atom. The van der Waals surface area contributed by atoms with Gasteiger partial charge in [-0.1, -0.05) is 0 Å². The molecule has 4 aromatic rings. The number of ether oxygens (including phenoxy) is 1. The van der Waals surface area contributed by atoms with E-state index in [1.54, 1.807) is 36.4 Å². The summed E-state index contributed by atoms with van der Waals surface area (Å²) in [5, 5.41) is 0. The second kappa shape index (κ2) is 11.0. The van der Waals surface area contributed by atoms with Gasteiger partial charge in [-0.2, -0.15) is 0 Å². The predicted octanol–water partition coefficient (Wildman–Crippen LogP) is 8.09. The second-order valence-corrected chi connectivity index (χ2v) is 12.2. The summed E-state index contributed by atoms with van der Waals surface area (Å²) in [6.45, 7) is 0. The molecule has 4 rings (SSSR count).